The van der Waals surface area contributed by atoms with Crippen LogP contribution in [-0.4, -0.2) is 48.0 Å². The van der Waals surface area contributed by atoms with Crippen LogP contribution >= 0.6 is 15.9 Å². The van der Waals surface area contributed by atoms with E-state index in [-0.39, 0.29) is 13.4 Å². The molecule has 2 aromatic rings. The van der Waals surface area contributed by atoms with Crippen LogP contribution in [0.1, 0.15) is 148 Å². The molecule has 0 radical (unpaired) electrons. The normalized spacial score (nSPS) is 10.2. The molecule has 280 valence electrons. The van der Waals surface area contributed by atoms with E-state index in [2.05, 4.69) is 55.9 Å². The van der Waals surface area contributed by atoms with Gasteiger partial charge in [0.25, 0.3) is 0 Å². The average Bonchev–Trinajstić information content (AvgIpc) is 3.09. The number of nitrogens with two attached hydrogens (primary N) is 1. The Morgan fingerprint density at radius 2 is 0.980 bits per heavy atom. The van der Waals surface area contributed by atoms with Gasteiger partial charge in [-0.1, -0.05) is 142 Å². The van der Waals surface area contributed by atoms with Crippen LogP contribution in [0.5, 0.6) is 0 Å². The first-order valence-corrected chi connectivity index (χ1v) is 19.6. The summed E-state index contributed by atoms with van der Waals surface area (Å²) >= 11 is 3.38. The van der Waals surface area contributed by atoms with Gasteiger partial charge < -0.3 is 20.1 Å². The number of benzene rings is 2. The Morgan fingerprint density at radius 1 is 0.592 bits per heavy atom. The topological polar surface area (TPSA) is 89.7 Å². The second-order valence-corrected chi connectivity index (χ2v) is 13.5. The van der Waals surface area contributed by atoms with Crippen molar-refractivity contribution in [3.05, 3.63) is 71.8 Å². The molecule has 0 aromatic heterocycles. The molecule has 2 aromatic carbocycles. The largest absolute Gasteiger partial charge is 0.469 e. The van der Waals surface area contributed by atoms with Gasteiger partial charge in [0.15, 0.2) is 0 Å². The van der Waals surface area contributed by atoms with Crippen molar-refractivity contribution in [2.24, 2.45) is 5.73 Å². The quantitative estimate of drug-likeness (QED) is 0.0585. The summed E-state index contributed by atoms with van der Waals surface area (Å²) in [6, 6.07) is 20.8. The van der Waals surface area contributed by atoms with Crippen molar-refractivity contribution in [3.63, 3.8) is 0 Å². The number of nitrogens with zero attached hydrogens (tertiary/aromatic N) is 1. The lowest BCUT2D eigenvalue weighted by molar-refractivity contribution is -0.140. The standard InChI is InChI=1S/C25H41NO2.C9H17BrO2.C7H9N.CH4/c1-23(27)16-10-5-3-7-14-20-26(22-25-18-12-9-13-19-25)21-15-8-4-6-11-17-24(2)28;1-12-9(11)7-5-3-2-4-6-8-10;8-6-7-4-2-1-3-5-7;/h9,12-13,18-19H,3-8,10-11,14-17,20-22H2,1-2H3;2-8H2,1H3;1-5H,6,8H2;1H4. The summed E-state index contributed by atoms with van der Waals surface area (Å²) < 4.78 is 4.53. The van der Waals surface area contributed by atoms with Gasteiger partial charge in [-0.3, -0.25) is 9.69 Å². The number of carbonyl (C=O) groups excluding carboxylic acids is 3. The van der Waals surface area contributed by atoms with Crippen LogP contribution in [0.25, 0.3) is 0 Å². The number of ether oxygens (including phenoxy) is 1. The number of rotatable bonds is 26. The summed E-state index contributed by atoms with van der Waals surface area (Å²) in [6.45, 7) is 7.36. The fourth-order valence-electron chi connectivity index (χ4n) is 5.20. The molecule has 0 heterocycles. The second-order valence-electron chi connectivity index (χ2n) is 12.7. The number of carbonyl (C=O) groups is 3. The summed E-state index contributed by atoms with van der Waals surface area (Å²) in [5.74, 6) is 0.543. The molecule has 49 heavy (non-hydrogen) atoms. The highest BCUT2D eigenvalue weighted by molar-refractivity contribution is 9.09. The SMILES string of the molecule is C.CC(=O)CCCCCCCN(CCCCCCCC(C)=O)Cc1ccccc1.COC(=O)CCCCCCCBr.NCc1ccccc1. The van der Waals surface area contributed by atoms with Gasteiger partial charge in [-0.2, -0.15) is 0 Å². The second kappa shape index (κ2) is 36.9. The highest BCUT2D eigenvalue weighted by Crippen LogP contribution is 2.12. The van der Waals surface area contributed by atoms with Crippen LogP contribution in [0.2, 0.25) is 0 Å². The summed E-state index contributed by atoms with van der Waals surface area (Å²) in [4.78, 5) is 35.2. The van der Waals surface area contributed by atoms with Crippen molar-refractivity contribution < 1.29 is 19.1 Å². The third-order valence-corrected chi connectivity index (χ3v) is 8.64. The average molecular weight is 748 g/mol. The molecular formula is C42H71BrN2O4. The smallest absolute Gasteiger partial charge is 0.305 e. The predicted octanol–water partition coefficient (Wildman–Crippen LogP) is 11.0. The van der Waals surface area contributed by atoms with Crippen LogP contribution in [-0.2, 0) is 32.2 Å². The highest BCUT2D eigenvalue weighted by Gasteiger charge is 2.06. The lowest BCUT2D eigenvalue weighted by atomic mass is 10.1. The van der Waals surface area contributed by atoms with Crippen molar-refractivity contribution in [1.29, 1.82) is 0 Å². The fourth-order valence-corrected chi connectivity index (χ4v) is 5.60. The third kappa shape index (κ3) is 35.3. The Kier molecular flexibility index (Phi) is 36.7. The molecule has 0 atom stereocenters. The lowest BCUT2D eigenvalue weighted by Crippen LogP contribution is -2.25. The zero-order chi connectivity index (χ0) is 35.5. The number of Topliss-reactive ketones (excluding diaryl/α,β-unsaturated/α-hetero) is 2. The minimum Gasteiger partial charge on any atom is -0.469 e. The Bertz CT molecular complexity index is 992. The molecule has 0 saturated carbocycles. The van der Waals surface area contributed by atoms with E-state index in [4.69, 9.17) is 5.73 Å². The predicted molar refractivity (Wildman–Crippen MR) is 213 cm³/mol. The van der Waals surface area contributed by atoms with Crippen LogP contribution in [0.15, 0.2) is 60.7 Å². The van der Waals surface area contributed by atoms with Crippen LogP contribution < -0.4 is 5.73 Å². The van der Waals surface area contributed by atoms with E-state index >= 15 is 0 Å². The molecule has 6 nitrogen and oxygen atoms in total. The van der Waals surface area contributed by atoms with Gasteiger partial charge in [-0.15, -0.1) is 0 Å². The van der Waals surface area contributed by atoms with Crippen molar-refractivity contribution in [1.82, 2.24) is 4.90 Å². The maximum atomic E-state index is 11.0. The van der Waals surface area contributed by atoms with Crippen LogP contribution in [0.4, 0.5) is 0 Å². The number of methoxy groups -OCH3 is 1. The maximum Gasteiger partial charge on any atom is 0.305 e. The van der Waals surface area contributed by atoms with E-state index in [0.29, 0.717) is 24.5 Å². The van der Waals surface area contributed by atoms with Gasteiger partial charge in [0, 0.05) is 37.7 Å². The number of hydrogen-bond acceptors (Lipinski definition) is 6. The molecule has 0 amide bonds. The highest BCUT2D eigenvalue weighted by atomic mass is 79.9. The first-order valence-electron chi connectivity index (χ1n) is 18.4. The first-order chi connectivity index (χ1) is 23.3. The third-order valence-electron chi connectivity index (χ3n) is 8.08. The Hall–Kier alpha value is -2.35. The van der Waals surface area contributed by atoms with Gasteiger partial charge in [0.1, 0.15) is 11.6 Å². The molecule has 7 heteroatoms. The molecule has 0 spiro atoms. The summed E-state index contributed by atoms with van der Waals surface area (Å²) in [7, 11) is 1.44. The minimum atomic E-state index is -0.0875. The molecule has 2 N–H and O–H groups in total. The van der Waals surface area contributed by atoms with Gasteiger partial charge >= 0.3 is 5.97 Å². The molecule has 0 aliphatic carbocycles. The molecule has 0 bridgehead atoms. The van der Waals surface area contributed by atoms with Gasteiger partial charge in [0.05, 0.1) is 7.11 Å². The minimum absolute atomic E-state index is 0. The number of ketones is 2. The molecule has 0 aliphatic rings. The van der Waals surface area contributed by atoms with E-state index in [1.165, 1.54) is 88.9 Å². The monoisotopic (exact) mass is 746 g/mol. The number of esters is 1. The molecule has 0 aliphatic heterocycles. The van der Waals surface area contributed by atoms with E-state index in [1.807, 2.05) is 30.3 Å². The van der Waals surface area contributed by atoms with Crippen LogP contribution in [0.3, 0.4) is 0 Å². The Morgan fingerprint density at radius 3 is 1.37 bits per heavy atom. The van der Waals surface area contributed by atoms with Crippen LogP contribution in [0, 0.1) is 0 Å². The van der Waals surface area contributed by atoms with E-state index in [9.17, 15) is 14.4 Å². The number of unbranched alkanes of at least 4 members (excludes halogenated alkanes) is 12. The zero-order valence-corrected chi connectivity index (χ0v) is 32.2. The van der Waals surface area contributed by atoms with E-state index < -0.39 is 0 Å². The zero-order valence-electron chi connectivity index (χ0n) is 30.6. The molecule has 0 fully saturated rings. The Labute approximate surface area is 309 Å². The molecule has 0 unspecified atom stereocenters. The number of alkyl halides is 1. The lowest BCUT2D eigenvalue weighted by Gasteiger charge is -2.22. The summed E-state index contributed by atoms with van der Waals surface area (Å²) in [5.41, 5.74) is 7.93. The van der Waals surface area contributed by atoms with Crippen molar-refractivity contribution in [3.8, 4) is 0 Å². The fraction of sp³-hybridized carbons (Fsp3) is 0.643. The molecular weight excluding hydrogens is 676 g/mol. The van der Waals surface area contributed by atoms with Gasteiger partial charge in [0.2, 0.25) is 0 Å². The molecule has 0 saturated heterocycles. The van der Waals surface area contributed by atoms with Crippen molar-refractivity contribution in [2.75, 3.05) is 25.5 Å². The van der Waals surface area contributed by atoms with Crippen molar-refractivity contribution >= 4 is 33.5 Å². The first kappa shape index (κ1) is 48.8. The van der Waals surface area contributed by atoms with E-state index in [0.717, 1.165) is 63.5 Å². The van der Waals surface area contributed by atoms with Gasteiger partial charge in [-0.25, -0.2) is 0 Å². The number of hydrogen-bond donors (Lipinski definition) is 1. The van der Waals surface area contributed by atoms with Crippen molar-refractivity contribution in [2.45, 2.75) is 150 Å². The summed E-state index contributed by atoms with van der Waals surface area (Å²) in [6.07, 6.45) is 19.8. The maximum absolute atomic E-state index is 11.0. The summed E-state index contributed by atoms with van der Waals surface area (Å²) in [5, 5.41) is 1.09. The number of halogens is 1. The van der Waals surface area contributed by atoms with E-state index in [1.54, 1.807) is 13.8 Å². The molecule has 2 rings (SSSR count). The van der Waals surface area contributed by atoms with Gasteiger partial charge in [-0.05, 0) is 76.6 Å². The Balaban J connectivity index is 0.